The van der Waals surface area contributed by atoms with Crippen molar-refractivity contribution in [2.75, 3.05) is 33.9 Å². The molecule has 1 aromatic carbocycles. The molecule has 0 amide bonds. The molecule has 1 N–H and O–H groups in total. The maximum atomic E-state index is 8.73. The third-order valence-corrected chi connectivity index (χ3v) is 2.39. The van der Waals surface area contributed by atoms with Crippen molar-refractivity contribution in [1.29, 1.82) is 0 Å². The van der Waals surface area contributed by atoms with Crippen LogP contribution in [-0.4, -0.2) is 43.9 Å². The number of nitrogens with zero attached hydrogens (tertiary/aromatic N) is 1. The molecule has 3 nitrogen and oxygen atoms in total. The predicted octanol–water partition coefficient (Wildman–Crippen LogP) is 1.67. The zero-order valence-electron chi connectivity index (χ0n) is 11.4. The minimum Gasteiger partial charge on any atom is -0.491 e. The number of aryl methyl sites for hydroxylation is 1. The molecule has 0 atom stereocenters. The summed E-state index contributed by atoms with van der Waals surface area (Å²) < 4.78 is 5.73. The number of likely N-dealkylation sites (N-methyl/N-ethyl adjacent to an activating group) is 1. The molecular formula is C15H21NO2. The van der Waals surface area contributed by atoms with Crippen LogP contribution >= 0.6 is 0 Å². The molecule has 98 valence electrons. The molecule has 0 saturated carbocycles. The van der Waals surface area contributed by atoms with Crippen molar-refractivity contribution in [2.45, 2.75) is 13.3 Å². The highest BCUT2D eigenvalue weighted by atomic mass is 16.5. The van der Waals surface area contributed by atoms with E-state index in [1.54, 1.807) is 0 Å². The third kappa shape index (κ3) is 5.22. The Morgan fingerprint density at radius 1 is 1.33 bits per heavy atom. The monoisotopic (exact) mass is 247 g/mol. The third-order valence-electron chi connectivity index (χ3n) is 2.39. The number of ether oxygens (including phenoxy) is 1. The van der Waals surface area contributed by atoms with Gasteiger partial charge in [0.05, 0.1) is 12.2 Å². The zero-order chi connectivity index (χ0) is 13.4. The summed E-state index contributed by atoms with van der Waals surface area (Å²) in [5.74, 6) is 6.79. The fraction of sp³-hybridized carbons (Fsp3) is 0.467. The number of benzene rings is 1. The van der Waals surface area contributed by atoms with Gasteiger partial charge < -0.3 is 14.7 Å². The van der Waals surface area contributed by atoms with E-state index in [1.165, 1.54) is 0 Å². The van der Waals surface area contributed by atoms with Crippen LogP contribution < -0.4 is 4.74 Å². The highest BCUT2D eigenvalue weighted by Crippen LogP contribution is 2.19. The first-order chi connectivity index (χ1) is 8.63. The Morgan fingerprint density at radius 3 is 2.78 bits per heavy atom. The topological polar surface area (TPSA) is 32.7 Å². The number of aliphatic hydroxyl groups is 1. The summed E-state index contributed by atoms with van der Waals surface area (Å²) in [6.07, 6.45) is 0.491. The van der Waals surface area contributed by atoms with Crippen LogP contribution in [0.4, 0.5) is 0 Å². The van der Waals surface area contributed by atoms with Gasteiger partial charge in [0.2, 0.25) is 0 Å². The molecule has 0 aliphatic rings. The van der Waals surface area contributed by atoms with Crippen LogP contribution in [0, 0.1) is 18.8 Å². The maximum absolute atomic E-state index is 8.73. The highest BCUT2D eigenvalue weighted by Gasteiger charge is 2.02. The molecule has 0 aromatic heterocycles. The SMILES string of the molecule is Cc1ccc(OCCN(C)C)c(C#CCCO)c1. The van der Waals surface area contributed by atoms with Crippen molar-refractivity contribution < 1.29 is 9.84 Å². The van der Waals surface area contributed by atoms with E-state index in [1.807, 2.05) is 39.2 Å². The second-order valence-corrected chi connectivity index (χ2v) is 4.43. The largest absolute Gasteiger partial charge is 0.491 e. The fourth-order valence-corrected chi connectivity index (χ4v) is 1.42. The number of hydrogen-bond acceptors (Lipinski definition) is 3. The lowest BCUT2D eigenvalue weighted by molar-refractivity contribution is 0.261. The van der Waals surface area contributed by atoms with E-state index < -0.39 is 0 Å². The number of aliphatic hydroxyl groups excluding tert-OH is 1. The lowest BCUT2D eigenvalue weighted by atomic mass is 10.1. The van der Waals surface area contributed by atoms with E-state index in [0.717, 1.165) is 23.4 Å². The lowest BCUT2D eigenvalue weighted by Crippen LogP contribution is -2.19. The summed E-state index contributed by atoms with van der Waals surface area (Å²) in [6.45, 7) is 3.64. The normalized spacial score (nSPS) is 10.1. The molecule has 0 saturated heterocycles. The van der Waals surface area contributed by atoms with E-state index in [9.17, 15) is 0 Å². The summed E-state index contributed by atoms with van der Waals surface area (Å²) in [7, 11) is 4.03. The molecule has 1 rings (SSSR count). The van der Waals surface area contributed by atoms with Gasteiger partial charge in [0.25, 0.3) is 0 Å². The standard InChI is InChI=1S/C15H21NO2/c1-13-7-8-15(18-11-9-16(2)3)14(12-13)6-4-5-10-17/h7-8,12,17H,5,9-11H2,1-3H3. The minimum atomic E-state index is 0.0929. The average molecular weight is 247 g/mol. The Hall–Kier alpha value is -1.50. The van der Waals surface area contributed by atoms with E-state index in [4.69, 9.17) is 9.84 Å². The molecule has 0 spiro atoms. The maximum Gasteiger partial charge on any atom is 0.134 e. The van der Waals surface area contributed by atoms with E-state index >= 15 is 0 Å². The molecule has 0 aliphatic heterocycles. The summed E-state index contributed by atoms with van der Waals surface area (Å²) >= 11 is 0. The molecule has 18 heavy (non-hydrogen) atoms. The smallest absolute Gasteiger partial charge is 0.134 e. The molecule has 0 aliphatic carbocycles. The minimum absolute atomic E-state index is 0.0929. The van der Waals surface area contributed by atoms with Crippen molar-refractivity contribution in [1.82, 2.24) is 4.90 Å². The van der Waals surface area contributed by atoms with Crippen LogP contribution in [0.5, 0.6) is 5.75 Å². The predicted molar refractivity (Wildman–Crippen MR) is 73.8 cm³/mol. The first-order valence-corrected chi connectivity index (χ1v) is 6.11. The van der Waals surface area contributed by atoms with Crippen LogP contribution in [-0.2, 0) is 0 Å². The van der Waals surface area contributed by atoms with Crippen LogP contribution in [0.25, 0.3) is 0 Å². The number of hydrogen-bond donors (Lipinski definition) is 1. The Morgan fingerprint density at radius 2 is 2.11 bits per heavy atom. The van der Waals surface area contributed by atoms with Gasteiger partial charge in [-0.15, -0.1) is 0 Å². The fourth-order valence-electron chi connectivity index (χ4n) is 1.42. The van der Waals surface area contributed by atoms with Gasteiger partial charge in [0.15, 0.2) is 0 Å². The van der Waals surface area contributed by atoms with E-state index in [0.29, 0.717) is 13.0 Å². The Kier molecular flexibility index (Phi) is 6.27. The van der Waals surface area contributed by atoms with Crippen LogP contribution in [0.15, 0.2) is 18.2 Å². The summed E-state index contributed by atoms with van der Waals surface area (Å²) in [5.41, 5.74) is 2.05. The molecular weight excluding hydrogens is 226 g/mol. The van der Waals surface area contributed by atoms with Crippen molar-refractivity contribution in [3.63, 3.8) is 0 Å². The van der Waals surface area contributed by atoms with Gasteiger partial charge in [-0.3, -0.25) is 0 Å². The highest BCUT2D eigenvalue weighted by molar-refractivity contribution is 5.48. The molecule has 0 unspecified atom stereocenters. The lowest BCUT2D eigenvalue weighted by Gasteiger charge is -2.12. The van der Waals surface area contributed by atoms with Gasteiger partial charge in [-0.05, 0) is 38.7 Å². The Bertz CT molecular complexity index is 430. The molecule has 1 aromatic rings. The van der Waals surface area contributed by atoms with Crippen LogP contribution in [0.3, 0.4) is 0 Å². The van der Waals surface area contributed by atoms with E-state index in [2.05, 4.69) is 16.7 Å². The quantitative estimate of drug-likeness (QED) is 0.803. The van der Waals surface area contributed by atoms with Gasteiger partial charge in [0.1, 0.15) is 12.4 Å². The molecule has 0 fully saturated rings. The van der Waals surface area contributed by atoms with Gasteiger partial charge in [-0.1, -0.05) is 17.9 Å². The molecule has 0 radical (unpaired) electrons. The molecule has 3 heteroatoms. The molecule has 0 bridgehead atoms. The summed E-state index contributed by atoms with van der Waals surface area (Å²) in [6, 6.07) is 5.98. The van der Waals surface area contributed by atoms with Crippen molar-refractivity contribution in [3.8, 4) is 17.6 Å². The van der Waals surface area contributed by atoms with Gasteiger partial charge >= 0.3 is 0 Å². The van der Waals surface area contributed by atoms with Gasteiger partial charge in [-0.2, -0.15) is 0 Å². The molecule has 0 heterocycles. The first-order valence-electron chi connectivity index (χ1n) is 6.11. The second kappa shape index (κ2) is 7.75. The van der Waals surface area contributed by atoms with Gasteiger partial charge in [0, 0.05) is 13.0 Å². The van der Waals surface area contributed by atoms with Crippen LogP contribution in [0.2, 0.25) is 0 Å². The second-order valence-electron chi connectivity index (χ2n) is 4.43. The van der Waals surface area contributed by atoms with Crippen molar-refractivity contribution >= 4 is 0 Å². The van der Waals surface area contributed by atoms with Gasteiger partial charge in [-0.25, -0.2) is 0 Å². The summed E-state index contributed by atoms with van der Waals surface area (Å²) in [5, 5.41) is 8.73. The Balaban J connectivity index is 2.74. The average Bonchev–Trinajstić information content (AvgIpc) is 2.32. The van der Waals surface area contributed by atoms with Crippen LogP contribution in [0.1, 0.15) is 17.5 Å². The van der Waals surface area contributed by atoms with Crippen molar-refractivity contribution in [2.24, 2.45) is 0 Å². The van der Waals surface area contributed by atoms with E-state index in [-0.39, 0.29) is 6.61 Å². The summed E-state index contributed by atoms with van der Waals surface area (Å²) in [4.78, 5) is 2.07. The zero-order valence-corrected chi connectivity index (χ0v) is 11.4. The first kappa shape index (κ1) is 14.6. The Labute approximate surface area is 109 Å². The van der Waals surface area contributed by atoms with Crippen molar-refractivity contribution in [3.05, 3.63) is 29.3 Å². The number of rotatable bonds is 5.